The van der Waals surface area contributed by atoms with Crippen molar-refractivity contribution in [3.8, 4) is 5.75 Å². The molecule has 0 aliphatic carbocycles. The molecule has 0 heterocycles. The number of hydrogen-bond acceptors (Lipinski definition) is 1. The van der Waals surface area contributed by atoms with E-state index >= 15 is 0 Å². The summed E-state index contributed by atoms with van der Waals surface area (Å²) in [5, 5.41) is 8.38. The molecule has 0 unspecified atom stereocenters. The van der Waals surface area contributed by atoms with Crippen LogP contribution in [0.4, 0.5) is 26.3 Å². The van der Waals surface area contributed by atoms with Crippen LogP contribution in [0, 0.1) is 0 Å². The Balaban J connectivity index is 3.60. The van der Waals surface area contributed by atoms with E-state index in [1.54, 1.807) is 0 Å². The van der Waals surface area contributed by atoms with E-state index in [-0.39, 0.29) is 0 Å². The first-order chi connectivity index (χ1) is 7.59. The van der Waals surface area contributed by atoms with E-state index in [2.05, 4.69) is 15.9 Å². The van der Waals surface area contributed by atoms with E-state index in [0.29, 0.717) is 12.1 Å². The molecule has 8 heteroatoms. The zero-order valence-corrected chi connectivity index (χ0v) is 9.54. The summed E-state index contributed by atoms with van der Waals surface area (Å²) >= 11 is 2.57. The van der Waals surface area contributed by atoms with Gasteiger partial charge in [0.15, 0.2) is 0 Å². The summed E-state index contributed by atoms with van der Waals surface area (Å²) in [5.41, 5.74) is -4.10. The summed E-state index contributed by atoms with van der Waals surface area (Å²) in [5.74, 6) is -1.22. The Morgan fingerprint density at radius 2 is 1.53 bits per heavy atom. The third-order valence-electron chi connectivity index (χ3n) is 2.01. The van der Waals surface area contributed by atoms with Gasteiger partial charge in [-0.15, -0.1) is 0 Å². The Hall–Kier alpha value is -0.920. The highest BCUT2D eigenvalue weighted by atomic mass is 79.9. The predicted molar refractivity (Wildman–Crippen MR) is 50.7 cm³/mol. The molecule has 0 atom stereocenters. The van der Waals surface area contributed by atoms with E-state index in [0.717, 1.165) is 0 Å². The van der Waals surface area contributed by atoms with Crippen LogP contribution in [0.1, 0.15) is 16.7 Å². The Labute approximate surface area is 100 Å². The Morgan fingerprint density at radius 1 is 1.00 bits per heavy atom. The minimum atomic E-state index is -5.05. The van der Waals surface area contributed by atoms with Gasteiger partial charge in [-0.2, -0.15) is 26.3 Å². The lowest BCUT2D eigenvalue weighted by atomic mass is 10.0. The van der Waals surface area contributed by atoms with Gasteiger partial charge in [-0.05, 0) is 17.7 Å². The third kappa shape index (κ3) is 2.85. The first-order valence-corrected chi connectivity index (χ1v) is 5.26. The Bertz CT molecular complexity index is 423. The highest BCUT2D eigenvalue weighted by Gasteiger charge is 2.42. The quantitative estimate of drug-likeness (QED) is 0.603. The van der Waals surface area contributed by atoms with Crippen LogP contribution in [0.2, 0.25) is 0 Å². The van der Waals surface area contributed by atoms with Gasteiger partial charge in [-0.3, -0.25) is 0 Å². The molecule has 17 heavy (non-hydrogen) atoms. The SMILES string of the molecule is Oc1ccc(C(F)(F)F)c(CBr)c1C(F)(F)F. The van der Waals surface area contributed by atoms with Gasteiger partial charge in [0.1, 0.15) is 11.3 Å². The van der Waals surface area contributed by atoms with Crippen molar-refractivity contribution in [2.45, 2.75) is 17.7 Å². The fourth-order valence-electron chi connectivity index (χ4n) is 1.36. The number of benzene rings is 1. The summed E-state index contributed by atoms with van der Waals surface area (Å²) < 4.78 is 74.9. The van der Waals surface area contributed by atoms with Crippen molar-refractivity contribution in [2.75, 3.05) is 0 Å². The van der Waals surface area contributed by atoms with E-state index in [9.17, 15) is 26.3 Å². The number of phenols is 1. The summed E-state index contributed by atoms with van der Waals surface area (Å²) in [6, 6.07) is 0.805. The molecule has 0 aliphatic heterocycles. The van der Waals surface area contributed by atoms with Crippen molar-refractivity contribution in [1.29, 1.82) is 0 Å². The van der Waals surface area contributed by atoms with Crippen molar-refractivity contribution in [3.05, 3.63) is 28.8 Å². The van der Waals surface area contributed by atoms with Gasteiger partial charge in [0.25, 0.3) is 0 Å². The molecule has 1 N–H and O–H groups in total. The maximum absolute atomic E-state index is 12.5. The van der Waals surface area contributed by atoms with Crippen LogP contribution in [0.25, 0.3) is 0 Å². The van der Waals surface area contributed by atoms with Crippen molar-refractivity contribution in [3.63, 3.8) is 0 Å². The van der Waals surface area contributed by atoms with E-state index in [1.165, 1.54) is 0 Å². The molecule has 0 bridgehead atoms. The van der Waals surface area contributed by atoms with E-state index in [1.807, 2.05) is 0 Å². The first-order valence-electron chi connectivity index (χ1n) is 4.14. The topological polar surface area (TPSA) is 20.2 Å². The van der Waals surface area contributed by atoms with Gasteiger partial charge >= 0.3 is 12.4 Å². The van der Waals surface area contributed by atoms with Gasteiger partial charge < -0.3 is 5.11 Å². The monoisotopic (exact) mass is 322 g/mol. The molecule has 96 valence electrons. The molecule has 0 radical (unpaired) electrons. The Morgan fingerprint density at radius 3 is 1.88 bits per heavy atom. The van der Waals surface area contributed by atoms with Crippen LogP contribution in [0.3, 0.4) is 0 Å². The molecule has 1 nitrogen and oxygen atoms in total. The fraction of sp³-hybridized carbons (Fsp3) is 0.333. The molecule has 0 amide bonds. The largest absolute Gasteiger partial charge is 0.507 e. The van der Waals surface area contributed by atoms with Crippen LogP contribution in [-0.2, 0) is 17.7 Å². The average Bonchev–Trinajstić information content (AvgIpc) is 2.12. The second kappa shape index (κ2) is 4.40. The molecule has 1 aromatic carbocycles. The molecule has 0 aliphatic rings. The molecule has 1 aromatic rings. The van der Waals surface area contributed by atoms with Crippen molar-refractivity contribution in [2.24, 2.45) is 0 Å². The molecule has 1 rings (SSSR count). The lowest BCUT2D eigenvalue weighted by Gasteiger charge is -2.18. The normalized spacial score (nSPS) is 12.9. The van der Waals surface area contributed by atoms with E-state index < -0.39 is 40.1 Å². The summed E-state index contributed by atoms with van der Waals surface area (Å²) in [7, 11) is 0. The second-order valence-corrected chi connectivity index (χ2v) is 3.68. The van der Waals surface area contributed by atoms with Crippen LogP contribution >= 0.6 is 15.9 Å². The molecular weight excluding hydrogens is 318 g/mol. The number of aromatic hydroxyl groups is 1. The lowest BCUT2D eigenvalue weighted by Crippen LogP contribution is -2.15. The highest BCUT2D eigenvalue weighted by Crippen LogP contribution is 2.44. The van der Waals surface area contributed by atoms with Gasteiger partial charge in [0, 0.05) is 5.33 Å². The zero-order valence-electron chi connectivity index (χ0n) is 7.95. The highest BCUT2D eigenvalue weighted by molar-refractivity contribution is 9.08. The van der Waals surface area contributed by atoms with Gasteiger partial charge in [0.05, 0.1) is 5.56 Å². The van der Waals surface area contributed by atoms with Crippen molar-refractivity contribution < 1.29 is 31.4 Å². The number of halogens is 7. The number of rotatable bonds is 1. The van der Waals surface area contributed by atoms with Gasteiger partial charge in [0.2, 0.25) is 0 Å². The molecule has 0 fully saturated rings. The summed E-state index contributed by atoms with van der Waals surface area (Å²) in [6.45, 7) is 0. The molecule has 0 saturated carbocycles. The van der Waals surface area contributed by atoms with Gasteiger partial charge in [-0.25, -0.2) is 0 Å². The number of hydrogen-bond donors (Lipinski definition) is 1. The molecule has 0 aromatic heterocycles. The zero-order chi connectivity index (χ0) is 13.4. The average molecular weight is 323 g/mol. The Kier molecular flexibility index (Phi) is 3.66. The van der Waals surface area contributed by atoms with E-state index in [4.69, 9.17) is 5.11 Å². The minimum absolute atomic E-state index is 0.387. The van der Waals surface area contributed by atoms with Crippen molar-refractivity contribution >= 4 is 15.9 Å². The smallest absolute Gasteiger partial charge is 0.420 e. The fourth-order valence-corrected chi connectivity index (χ4v) is 1.94. The maximum Gasteiger partial charge on any atom is 0.420 e. The maximum atomic E-state index is 12.5. The predicted octanol–water partition coefficient (Wildman–Crippen LogP) is 4.32. The number of phenolic OH excluding ortho intramolecular Hbond substituents is 1. The molecule has 0 saturated heterocycles. The van der Waals surface area contributed by atoms with Crippen LogP contribution in [-0.4, -0.2) is 5.11 Å². The lowest BCUT2D eigenvalue weighted by molar-refractivity contribution is -0.144. The minimum Gasteiger partial charge on any atom is -0.507 e. The van der Waals surface area contributed by atoms with Crippen LogP contribution in [0.15, 0.2) is 12.1 Å². The summed E-state index contributed by atoms with van der Waals surface area (Å²) in [4.78, 5) is 0. The van der Waals surface area contributed by atoms with Crippen molar-refractivity contribution in [1.82, 2.24) is 0 Å². The standard InChI is InChI=1S/C9H5BrF6O/c10-3-4-5(8(11,12)13)1-2-6(17)7(4)9(14,15)16/h1-2,17H,3H2. The van der Waals surface area contributed by atoms with Crippen LogP contribution in [0.5, 0.6) is 5.75 Å². The molecular formula is C9H5BrF6O. The molecule has 0 spiro atoms. The van der Waals surface area contributed by atoms with Gasteiger partial charge in [-0.1, -0.05) is 15.9 Å². The summed E-state index contributed by atoms with van der Waals surface area (Å²) in [6.07, 6.45) is -9.95. The first kappa shape index (κ1) is 14.1. The third-order valence-corrected chi connectivity index (χ3v) is 2.57. The second-order valence-electron chi connectivity index (χ2n) is 3.11. The number of alkyl halides is 7. The van der Waals surface area contributed by atoms with Crippen LogP contribution < -0.4 is 0 Å².